The van der Waals surface area contributed by atoms with E-state index in [-0.39, 0.29) is 6.61 Å². The van der Waals surface area contributed by atoms with E-state index in [9.17, 15) is 0 Å². The number of hydrogen-bond donors (Lipinski definition) is 1. The number of aliphatic hydroxyl groups excluding tert-OH is 1. The van der Waals surface area contributed by atoms with Gasteiger partial charge in [-0.1, -0.05) is 36.8 Å². The van der Waals surface area contributed by atoms with Crippen molar-refractivity contribution < 1.29 is 5.11 Å². The van der Waals surface area contributed by atoms with Gasteiger partial charge in [0.25, 0.3) is 0 Å². The van der Waals surface area contributed by atoms with Crippen LogP contribution in [0.25, 0.3) is 6.08 Å². The fraction of sp³-hybridized carbons (Fsp3) is 0.385. The molecule has 0 aliphatic rings. The molecule has 1 nitrogen and oxygen atoms in total. The van der Waals surface area contributed by atoms with E-state index >= 15 is 0 Å². The molecular weight excluding hydrogens is 172 g/mol. The monoisotopic (exact) mass is 190 g/mol. The van der Waals surface area contributed by atoms with Crippen LogP contribution < -0.4 is 0 Å². The molecule has 0 heterocycles. The van der Waals surface area contributed by atoms with Crippen molar-refractivity contribution in [2.24, 2.45) is 0 Å². The zero-order valence-electron chi connectivity index (χ0n) is 9.17. The summed E-state index contributed by atoms with van der Waals surface area (Å²) in [5.41, 5.74) is 4.84. The van der Waals surface area contributed by atoms with E-state index in [0.717, 1.165) is 12.0 Å². The molecule has 0 amide bonds. The van der Waals surface area contributed by atoms with E-state index in [0.29, 0.717) is 0 Å². The Morgan fingerprint density at radius 1 is 1.36 bits per heavy atom. The first kappa shape index (κ1) is 11.0. The third-order valence-electron chi connectivity index (χ3n) is 2.44. The Labute approximate surface area is 86.1 Å². The number of aryl methyl sites for hydroxylation is 2. The average molecular weight is 190 g/mol. The normalized spacial score (nSPS) is 11.9. The van der Waals surface area contributed by atoms with Crippen LogP contribution in [-0.2, 0) is 0 Å². The van der Waals surface area contributed by atoms with Crippen molar-refractivity contribution in [1.82, 2.24) is 0 Å². The van der Waals surface area contributed by atoms with Crippen molar-refractivity contribution in [3.05, 3.63) is 40.5 Å². The largest absolute Gasteiger partial charge is 0.392 e. The molecule has 1 heteroatoms. The molecule has 0 saturated heterocycles. The van der Waals surface area contributed by atoms with Crippen LogP contribution in [0.1, 0.15) is 30.0 Å². The quantitative estimate of drug-likeness (QED) is 0.776. The van der Waals surface area contributed by atoms with Gasteiger partial charge >= 0.3 is 0 Å². The van der Waals surface area contributed by atoms with Gasteiger partial charge in [0.1, 0.15) is 0 Å². The Morgan fingerprint density at radius 2 is 2.07 bits per heavy atom. The first-order valence-corrected chi connectivity index (χ1v) is 5.05. The maximum Gasteiger partial charge on any atom is 0.0644 e. The molecule has 0 spiro atoms. The lowest BCUT2D eigenvalue weighted by Gasteiger charge is -2.04. The molecule has 0 radical (unpaired) electrons. The topological polar surface area (TPSA) is 20.2 Å². The van der Waals surface area contributed by atoms with Gasteiger partial charge in [-0.15, -0.1) is 0 Å². The molecule has 0 aliphatic heterocycles. The third kappa shape index (κ3) is 2.71. The summed E-state index contributed by atoms with van der Waals surface area (Å²) in [7, 11) is 0. The fourth-order valence-electron chi connectivity index (χ4n) is 1.47. The van der Waals surface area contributed by atoms with Gasteiger partial charge in [-0.3, -0.25) is 0 Å². The van der Waals surface area contributed by atoms with E-state index in [1.54, 1.807) is 0 Å². The standard InChI is InChI=1S/C13H18O/c1-4-12(9-14)8-13-6-5-10(2)7-11(13)3/h5-8,14H,4,9H2,1-3H3. The maximum absolute atomic E-state index is 9.06. The molecule has 1 N–H and O–H groups in total. The van der Waals surface area contributed by atoms with Gasteiger partial charge in [0.05, 0.1) is 6.61 Å². The zero-order valence-corrected chi connectivity index (χ0v) is 9.17. The number of aliphatic hydroxyl groups is 1. The van der Waals surface area contributed by atoms with Gasteiger partial charge in [0.15, 0.2) is 0 Å². The molecule has 0 aromatic heterocycles. The zero-order chi connectivity index (χ0) is 10.6. The van der Waals surface area contributed by atoms with Crippen LogP contribution in [0.5, 0.6) is 0 Å². The Kier molecular flexibility index (Phi) is 3.90. The van der Waals surface area contributed by atoms with Gasteiger partial charge in [0.2, 0.25) is 0 Å². The highest BCUT2D eigenvalue weighted by Crippen LogP contribution is 2.15. The smallest absolute Gasteiger partial charge is 0.0644 e. The highest BCUT2D eigenvalue weighted by molar-refractivity contribution is 5.57. The summed E-state index contributed by atoms with van der Waals surface area (Å²) in [6, 6.07) is 6.37. The second-order valence-electron chi connectivity index (χ2n) is 3.67. The van der Waals surface area contributed by atoms with Gasteiger partial charge in [-0.05, 0) is 37.0 Å². The maximum atomic E-state index is 9.06. The molecule has 0 fully saturated rings. The summed E-state index contributed by atoms with van der Waals surface area (Å²) >= 11 is 0. The van der Waals surface area contributed by atoms with Gasteiger partial charge < -0.3 is 5.11 Å². The summed E-state index contributed by atoms with van der Waals surface area (Å²) in [4.78, 5) is 0. The number of benzene rings is 1. The second-order valence-corrected chi connectivity index (χ2v) is 3.67. The van der Waals surface area contributed by atoms with Gasteiger partial charge in [-0.2, -0.15) is 0 Å². The Balaban J connectivity index is 3.02. The summed E-state index contributed by atoms with van der Waals surface area (Å²) < 4.78 is 0. The van der Waals surface area contributed by atoms with E-state index in [1.807, 2.05) is 0 Å². The van der Waals surface area contributed by atoms with E-state index in [4.69, 9.17) is 5.11 Å². The number of rotatable bonds is 3. The molecule has 14 heavy (non-hydrogen) atoms. The summed E-state index contributed by atoms with van der Waals surface area (Å²) in [6.45, 7) is 6.41. The van der Waals surface area contributed by atoms with Crippen molar-refractivity contribution >= 4 is 6.08 Å². The van der Waals surface area contributed by atoms with Crippen molar-refractivity contribution in [2.45, 2.75) is 27.2 Å². The van der Waals surface area contributed by atoms with Crippen LogP contribution in [0, 0.1) is 13.8 Å². The molecule has 0 saturated carbocycles. The molecule has 0 aliphatic carbocycles. The Morgan fingerprint density at radius 3 is 2.57 bits per heavy atom. The van der Waals surface area contributed by atoms with Crippen LogP contribution in [0.4, 0.5) is 0 Å². The van der Waals surface area contributed by atoms with Crippen LogP contribution in [0.3, 0.4) is 0 Å². The van der Waals surface area contributed by atoms with Gasteiger partial charge in [-0.25, -0.2) is 0 Å². The van der Waals surface area contributed by atoms with Crippen LogP contribution in [-0.4, -0.2) is 11.7 Å². The van der Waals surface area contributed by atoms with Crippen molar-refractivity contribution in [1.29, 1.82) is 0 Å². The lowest BCUT2D eigenvalue weighted by atomic mass is 10.0. The molecule has 1 aromatic carbocycles. The molecule has 0 bridgehead atoms. The van der Waals surface area contributed by atoms with Crippen molar-refractivity contribution in [3.63, 3.8) is 0 Å². The number of hydrogen-bond acceptors (Lipinski definition) is 1. The first-order valence-electron chi connectivity index (χ1n) is 5.05. The summed E-state index contributed by atoms with van der Waals surface area (Å²) in [6.07, 6.45) is 2.98. The molecule has 0 atom stereocenters. The lowest BCUT2D eigenvalue weighted by Crippen LogP contribution is -1.90. The van der Waals surface area contributed by atoms with E-state index in [1.165, 1.54) is 16.7 Å². The van der Waals surface area contributed by atoms with E-state index in [2.05, 4.69) is 45.0 Å². The highest BCUT2D eigenvalue weighted by atomic mass is 16.3. The van der Waals surface area contributed by atoms with Crippen LogP contribution in [0.15, 0.2) is 23.8 Å². The summed E-state index contributed by atoms with van der Waals surface area (Å²) in [5, 5.41) is 9.06. The first-order chi connectivity index (χ1) is 6.67. The minimum atomic E-state index is 0.157. The summed E-state index contributed by atoms with van der Waals surface area (Å²) in [5.74, 6) is 0. The SMILES string of the molecule is CCC(=Cc1ccc(C)cc1C)CO. The lowest BCUT2D eigenvalue weighted by molar-refractivity contribution is 0.329. The minimum Gasteiger partial charge on any atom is -0.392 e. The predicted molar refractivity (Wildman–Crippen MR) is 61.3 cm³/mol. The Bertz CT molecular complexity index is 331. The fourth-order valence-corrected chi connectivity index (χ4v) is 1.47. The van der Waals surface area contributed by atoms with Crippen molar-refractivity contribution in [3.8, 4) is 0 Å². The molecule has 1 rings (SSSR count). The molecule has 76 valence electrons. The minimum absolute atomic E-state index is 0.157. The van der Waals surface area contributed by atoms with Crippen molar-refractivity contribution in [2.75, 3.05) is 6.61 Å². The van der Waals surface area contributed by atoms with Gasteiger partial charge in [0, 0.05) is 0 Å². The molecule has 0 unspecified atom stereocenters. The van der Waals surface area contributed by atoms with Crippen LogP contribution >= 0.6 is 0 Å². The third-order valence-corrected chi connectivity index (χ3v) is 2.44. The molecule has 1 aromatic rings. The Hall–Kier alpha value is -1.08. The average Bonchev–Trinajstić information content (AvgIpc) is 2.17. The highest BCUT2D eigenvalue weighted by Gasteiger charge is 1.97. The van der Waals surface area contributed by atoms with E-state index < -0.39 is 0 Å². The van der Waals surface area contributed by atoms with Crippen LogP contribution in [0.2, 0.25) is 0 Å². The molecular formula is C13H18O. The second kappa shape index (κ2) is 4.97. The predicted octanol–water partition coefficient (Wildman–Crippen LogP) is 3.09.